The quantitative estimate of drug-likeness (QED) is 0.488. The van der Waals surface area contributed by atoms with E-state index in [0.29, 0.717) is 10.6 Å². The molecule has 1 unspecified atom stereocenters. The second-order valence-electron chi connectivity index (χ2n) is 8.17. The average Bonchev–Trinajstić information content (AvgIpc) is 3.21. The zero-order valence-electron chi connectivity index (χ0n) is 19.0. The summed E-state index contributed by atoms with van der Waals surface area (Å²) in [4.78, 5) is 12.3. The molecule has 0 amide bonds. The smallest absolute Gasteiger partial charge is 0.243 e. The van der Waals surface area contributed by atoms with Gasteiger partial charge in [-0.1, -0.05) is 24.6 Å². The molecular formula is C22H22ClF2N7O2S. The molecule has 0 saturated heterocycles. The van der Waals surface area contributed by atoms with Crippen LogP contribution in [0.3, 0.4) is 0 Å². The van der Waals surface area contributed by atoms with Gasteiger partial charge < -0.3 is 0 Å². The van der Waals surface area contributed by atoms with Crippen molar-refractivity contribution < 1.29 is 17.2 Å². The highest BCUT2D eigenvalue weighted by Crippen LogP contribution is 2.35. The summed E-state index contributed by atoms with van der Waals surface area (Å²) in [5, 5.41) is 7.26. The van der Waals surface area contributed by atoms with E-state index in [1.807, 2.05) is 0 Å². The highest BCUT2D eigenvalue weighted by Gasteiger charge is 2.33. The van der Waals surface area contributed by atoms with Gasteiger partial charge in [0.2, 0.25) is 16.0 Å². The Bertz CT molecular complexity index is 1410. The van der Waals surface area contributed by atoms with Crippen LogP contribution >= 0.6 is 11.6 Å². The van der Waals surface area contributed by atoms with E-state index < -0.39 is 38.9 Å². The van der Waals surface area contributed by atoms with Gasteiger partial charge in [-0.15, -0.1) is 10.2 Å². The van der Waals surface area contributed by atoms with E-state index in [1.54, 1.807) is 26.1 Å². The Balaban J connectivity index is 1.77. The van der Waals surface area contributed by atoms with Crippen molar-refractivity contribution in [3.8, 4) is 11.4 Å². The van der Waals surface area contributed by atoms with Gasteiger partial charge in [-0.05, 0) is 31.6 Å². The van der Waals surface area contributed by atoms with Crippen LogP contribution in [0.1, 0.15) is 37.6 Å². The number of nitrogens with one attached hydrogen (secondary N) is 1. The zero-order valence-corrected chi connectivity index (χ0v) is 20.6. The Morgan fingerprint density at radius 1 is 1.17 bits per heavy atom. The van der Waals surface area contributed by atoms with Gasteiger partial charge in [0.15, 0.2) is 5.82 Å². The van der Waals surface area contributed by atoms with Crippen molar-refractivity contribution in [2.45, 2.75) is 44.5 Å². The highest BCUT2D eigenvalue weighted by molar-refractivity contribution is 7.93. The lowest BCUT2D eigenvalue weighted by Gasteiger charge is -2.22. The molecule has 4 rings (SSSR count). The minimum Gasteiger partial charge on any atom is -0.264 e. The van der Waals surface area contributed by atoms with Crippen LogP contribution in [-0.4, -0.2) is 49.6 Å². The first-order valence-electron chi connectivity index (χ1n) is 10.7. The fraction of sp³-hybridized carbons (Fsp3) is 0.318. The van der Waals surface area contributed by atoms with Crippen molar-refractivity contribution in [2.24, 2.45) is 0 Å². The lowest BCUT2D eigenvalue weighted by Crippen LogP contribution is -2.32. The Kier molecular flexibility index (Phi) is 6.95. The fourth-order valence-corrected chi connectivity index (χ4v) is 4.91. The molecule has 13 heteroatoms. The third kappa shape index (κ3) is 5.08. The van der Waals surface area contributed by atoms with Gasteiger partial charge in [0.1, 0.15) is 17.8 Å². The number of nitrogens with zero attached hydrogens (tertiary/aromatic N) is 6. The normalized spacial score (nSPS) is 17.9. The second-order valence-corrected chi connectivity index (χ2v) is 10.6. The van der Waals surface area contributed by atoms with Crippen molar-refractivity contribution in [2.75, 3.05) is 4.72 Å². The van der Waals surface area contributed by atoms with Crippen LogP contribution in [0.15, 0.2) is 48.8 Å². The SMILES string of the molecule is Cc1cncc(-c2nnc(NS(=O)(=O)[C@@H](C)[C@H](C)c3ncc(Cl)cn3)n2C2=C(F)C=CCC2F)c1. The van der Waals surface area contributed by atoms with Crippen LogP contribution in [0.5, 0.6) is 0 Å². The number of hydrogen-bond acceptors (Lipinski definition) is 7. The monoisotopic (exact) mass is 521 g/mol. The predicted octanol–water partition coefficient (Wildman–Crippen LogP) is 4.46. The maximum absolute atomic E-state index is 14.9. The first kappa shape index (κ1) is 24.9. The molecule has 0 aliphatic heterocycles. The number of rotatable bonds is 7. The van der Waals surface area contributed by atoms with Gasteiger partial charge in [0.05, 0.1) is 16.0 Å². The summed E-state index contributed by atoms with van der Waals surface area (Å²) >= 11 is 5.82. The zero-order chi connectivity index (χ0) is 25.3. The van der Waals surface area contributed by atoms with Gasteiger partial charge in [-0.2, -0.15) is 0 Å². The molecule has 9 nitrogen and oxygen atoms in total. The highest BCUT2D eigenvalue weighted by atomic mass is 35.5. The number of allylic oxidation sites excluding steroid dienone is 4. The Labute approximate surface area is 206 Å². The predicted molar refractivity (Wildman–Crippen MR) is 128 cm³/mol. The Morgan fingerprint density at radius 3 is 2.54 bits per heavy atom. The fourth-order valence-electron chi connectivity index (χ4n) is 3.58. The molecule has 1 N–H and O–H groups in total. The molecule has 0 aromatic carbocycles. The van der Waals surface area contributed by atoms with Gasteiger partial charge in [0, 0.05) is 42.7 Å². The largest absolute Gasteiger partial charge is 0.264 e. The molecule has 1 aliphatic rings. The number of aromatic nitrogens is 6. The number of alkyl halides is 1. The maximum atomic E-state index is 14.9. The third-order valence-electron chi connectivity index (χ3n) is 5.66. The molecule has 0 bridgehead atoms. The van der Waals surface area contributed by atoms with Crippen LogP contribution < -0.4 is 4.72 Å². The number of halogens is 3. The molecule has 3 aromatic heterocycles. The van der Waals surface area contributed by atoms with E-state index in [0.717, 1.165) is 16.2 Å². The van der Waals surface area contributed by atoms with Crippen molar-refractivity contribution in [3.63, 3.8) is 0 Å². The molecule has 1 aliphatic carbocycles. The van der Waals surface area contributed by atoms with Gasteiger partial charge in [-0.25, -0.2) is 27.2 Å². The van der Waals surface area contributed by atoms with Crippen LogP contribution in [-0.2, 0) is 10.0 Å². The minimum atomic E-state index is -4.13. The number of anilines is 1. The molecule has 0 fully saturated rings. The van der Waals surface area contributed by atoms with E-state index in [2.05, 4.69) is 29.9 Å². The average molecular weight is 522 g/mol. The molecule has 0 radical (unpaired) electrons. The molecule has 35 heavy (non-hydrogen) atoms. The van der Waals surface area contributed by atoms with Crippen molar-refractivity contribution in [1.82, 2.24) is 29.7 Å². The van der Waals surface area contributed by atoms with Gasteiger partial charge >= 0.3 is 0 Å². The van der Waals surface area contributed by atoms with Crippen LogP contribution in [0, 0.1) is 6.92 Å². The Hall–Kier alpha value is -3.25. The maximum Gasteiger partial charge on any atom is 0.243 e. The van der Waals surface area contributed by atoms with Crippen LogP contribution in [0.25, 0.3) is 17.1 Å². The molecule has 3 heterocycles. The molecule has 0 saturated carbocycles. The Morgan fingerprint density at radius 2 is 1.89 bits per heavy atom. The first-order chi connectivity index (χ1) is 16.6. The van der Waals surface area contributed by atoms with Crippen molar-refractivity contribution in [1.29, 1.82) is 0 Å². The lowest BCUT2D eigenvalue weighted by atomic mass is 10.1. The molecule has 0 spiro atoms. The molecule has 3 aromatic rings. The van der Waals surface area contributed by atoms with Crippen LogP contribution in [0.2, 0.25) is 5.02 Å². The van der Waals surface area contributed by atoms with E-state index in [1.165, 1.54) is 31.6 Å². The van der Waals surface area contributed by atoms with Crippen molar-refractivity contribution >= 4 is 33.3 Å². The third-order valence-corrected chi connectivity index (χ3v) is 7.71. The van der Waals surface area contributed by atoms with Crippen molar-refractivity contribution in [3.05, 3.63) is 65.2 Å². The standard InChI is InChI=1S/C22H22ClF2N7O2S/c1-12-7-15(9-26-8-12)21-29-30-22(32(21)19-17(24)5-4-6-18(19)25)31-35(33,34)14(3)13(2)20-27-10-16(23)11-28-20/h4-5,7-11,13-14,18H,6H2,1-3H3,(H,30,31)/t13-,14-,18?/m0/s1. The molecule has 184 valence electrons. The first-order valence-corrected chi connectivity index (χ1v) is 12.6. The summed E-state index contributed by atoms with van der Waals surface area (Å²) in [5.74, 6) is -1.52. The number of sulfonamides is 1. The topological polar surface area (TPSA) is 116 Å². The summed E-state index contributed by atoms with van der Waals surface area (Å²) in [6, 6.07) is 1.71. The van der Waals surface area contributed by atoms with Gasteiger partial charge in [0.25, 0.3) is 0 Å². The summed E-state index contributed by atoms with van der Waals surface area (Å²) in [6.45, 7) is 4.91. The van der Waals surface area contributed by atoms with E-state index in [4.69, 9.17) is 11.6 Å². The summed E-state index contributed by atoms with van der Waals surface area (Å²) in [7, 11) is -4.13. The van der Waals surface area contributed by atoms with Gasteiger partial charge in [-0.3, -0.25) is 14.3 Å². The van der Waals surface area contributed by atoms with E-state index in [-0.39, 0.29) is 24.0 Å². The summed E-state index contributed by atoms with van der Waals surface area (Å²) in [6.07, 6.45) is 6.48. The minimum absolute atomic E-state index is 0.0451. The van der Waals surface area contributed by atoms with Crippen LogP contribution in [0.4, 0.5) is 14.7 Å². The molecular weight excluding hydrogens is 500 g/mol. The number of aryl methyl sites for hydroxylation is 1. The lowest BCUT2D eigenvalue weighted by molar-refractivity contribution is 0.394. The van der Waals surface area contributed by atoms with E-state index in [9.17, 15) is 17.2 Å². The number of hydrogen-bond donors (Lipinski definition) is 1. The summed E-state index contributed by atoms with van der Waals surface area (Å²) in [5.41, 5.74) is 0.800. The number of pyridine rings is 1. The second kappa shape index (κ2) is 9.78. The van der Waals surface area contributed by atoms with E-state index >= 15 is 0 Å². The molecule has 3 atom stereocenters. The summed E-state index contributed by atoms with van der Waals surface area (Å²) < 4.78 is 59.8.